The molecule has 24 heteroatoms. The molecule has 4 aliphatic heterocycles. The zero-order valence-corrected chi connectivity index (χ0v) is 46.9. The Balaban J connectivity index is 0.809. The van der Waals surface area contributed by atoms with E-state index in [2.05, 4.69) is 53.8 Å². The second-order valence-electron chi connectivity index (χ2n) is 19.4. The van der Waals surface area contributed by atoms with Gasteiger partial charge in [0.2, 0.25) is 17.7 Å². The van der Waals surface area contributed by atoms with E-state index < -0.39 is 11.8 Å². The highest BCUT2D eigenvalue weighted by Crippen LogP contribution is 2.34. The molecule has 4 saturated heterocycles. The number of carbonyl (C=O) groups excluding carboxylic acids is 7. The number of terminal acetylenes is 1. The van der Waals surface area contributed by atoms with E-state index in [-0.39, 0.29) is 71.5 Å². The number of thioether (sulfide) groups is 2. The first kappa shape index (κ1) is 64.0. The fourth-order valence-electron chi connectivity index (χ4n) is 9.11. The summed E-state index contributed by atoms with van der Waals surface area (Å²) >= 11 is 3.78. The topological polar surface area (TPSA) is 283 Å². The van der Waals surface area contributed by atoms with Gasteiger partial charge in [0, 0.05) is 117 Å². The molecule has 22 nitrogen and oxygen atoms in total. The molecule has 78 heavy (non-hydrogen) atoms. The van der Waals surface area contributed by atoms with E-state index in [9.17, 15) is 33.6 Å². The minimum absolute atomic E-state index is 0.0451. The van der Waals surface area contributed by atoms with Gasteiger partial charge in [0.05, 0.1) is 77.0 Å². The normalized spacial score (nSPS) is 19.9. The van der Waals surface area contributed by atoms with Crippen LogP contribution in [0.3, 0.4) is 0 Å². The Morgan fingerprint density at radius 1 is 0.487 bits per heavy atom. The SMILES string of the molecule is C#CCCCC(=O)Nc1cc(C(=O)NCCCOCCOCCOCCCNC(=O)CCCCC2SCC3NC(=O)NC32)cc(C(=O)NCCCOCCOCCOCCCNC(=O)CCCCC2SCC3NC(=O)NC32)c1. The highest BCUT2D eigenvalue weighted by atomic mass is 32.2. The number of urea groups is 2. The van der Waals surface area contributed by atoms with Gasteiger partial charge in [0.15, 0.2) is 0 Å². The van der Waals surface area contributed by atoms with Crippen LogP contribution in [0.15, 0.2) is 18.2 Å². The summed E-state index contributed by atoms with van der Waals surface area (Å²) in [6.45, 7) is 6.83. The van der Waals surface area contributed by atoms with Gasteiger partial charge in [-0.15, -0.1) is 12.3 Å². The molecule has 6 unspecified atom stereocenters. The minimum atomic E-state index is -0.402. The van der Waals surface area contributed by atoms with Crippen molar-refractivity contribution in [1.82, 2.24) is 42.5 Å². The van der Waals surface area contributed by atoms with Crippen LogP contribution in [0.1, 0.15) is 117 Å². The maximum atomic E-state index is 13.2. The van der Waals surface area contributed by atoms with Crippen molar-refractivity contribution in [3.8, 4) is 12.3 Å². The van der Waals surface area contributed by atoms with Gasteiger partial charge in [-0.1, -0.05) is 12.8 Å². The van der Waals surface area contributed by atoms with Crippen LogP contribution in [0, 0.1) is 12.3 Å². The fourth-order valence-corrected chi connectivity index (χ4v) is 12.2. The van der Waals surface area contributed by atoms with Crippen LogP contribution in [-0.2, 0) is 42.8 Å². The summed E-state index contributed by atoms with van der Waals surface area (Å²) in [6.07, 6.45) is 15.5. The Hall–Kier alpha value is -4.87. The third-order valence-electron chi connectivity index (χ3n) is 13.2. The van der Waals surface area contributed by atoms with Crippen LogP contribution in [-0.4, -0.2) is 193 Å². The lowest BCUT2D eigenvalue weighted by atomic mass is 10.0. The van der Waals surface area contributed by atoms with Crippen molar-refractivity contribution < 1.29 is 62.0 Å². The second-order valence-corrected chi connectivity index (χ2v) is 22.0. The molecule has 4 heterocycles. The molecule has 0 aliphatic carbocycles. The molecule has 6 atom stereocenters. The predicted octanol–water partition coefficient (Wildman–Crippen LogP) is 3.23. The van der Waals surface area contributed by atoms with Crippen LogP contribution in [0.2, 0.25) is 0 Å². The zero-order chi connectivity index (χ0) is 55.4. The number of fused-ring (bicyclic) bond motifs is 2. The monoisotopic (exact) mass is 1130 g/mol. The molecule has 0 bridgehead atoms. The molecule has 0 spiro atoms. The largest absolute Gasteiger partial charge is 0.379 e. The molecule has 0 aromatic heterocycles. The summed E-state index contributed by atoms with van der Waals surface area (Å²) in [7, 11) is 0. The maximum Gasteiger partial charge on any atom is 0.315 e. The number of rotatable bonds is 44. The molecule has 4 fully saturated rings. The van der Waals surface area contributed by atoms with E-state index in [0.29, 0.717) is 173 Å². The predicted molar refractivity (Wildman–Crippen MR) is 300 cm³/mol. The first-order valence-electron chi connectivity index (χ1n) is 27.9. The number of benzene rings is 1. The highest BCUT2D eigenvalue weighted by molar-refractivity contribution is 8.00. The molecular formula is C54H85N9O13S2. The van der Waals surface area contributed by atoms with Crippen LogP contribution in [0.5, 0.6) is 0 Å². The van der Waals surface area contributed by atoms with Gasteiger partial charge in [0.1, 0.15) is 0 Å². The van der Waals surface area contributed by atoms with Gasteiger partial charge in [-0.05, 0) is 76.0 Å². The molecule has 436 valence electrons. The van der Waals surface area contributed by atoms with Gasteiger partial charge in [-0.3, -0.25) is 24.0 Å². The van der Waals surface area contributed by atoms with Crippen molar-refractivity contribution in [2.45, 2.75) is 131 Å². The van der Waals surface area contributed by atoms with E-state index >= 15 is 0 Å². The molecular weight excluding hydrogens is 1050 g/mol. The number of amides is 9. The van der Waals surface area contributed by atoms with Crippen LogP contribution < -0.4 is 47.9 Å². The molecule has 0 radical (unpaired) electrons. The van der Waals surface area contributed by atoms with E-state index in [0.717, 1.165) is 50.0 Å². The third-order valence-corrected chi connectivity index (χ3v) is 16.2. The average Bonchev–Trinajstić information content (AvgIpc) is 4.27. The zero-order valence-electron chi connectivity index (χ0n) is 45.2. The molecule has 9 amide bonds. The minimum Gasteiger partial charge on any atom is -0.379 e. The number of hydrogen-bond acceptors (Lipinski definition) is 15. The Bertz CT molecular complexity index is 1930. The van der Waals surface area contributed by atoms with Crippen LogP contribution in [0.4, 0.5) is 15.3 Å². The molecule has 9 N–H and O–H groups in total. The first-order chi connectivity index (χ1) is 38.1. The van der Waals surface area contributed by atoms with Crippen molar-refractivity contribution in [3.05, 3.63) is 29.3 Å². The lowest BCUT2D eigenvalue weighted by Crippen LogP contribution is -2.36. The van der Waals surface area contributed by atoms with Gasteiger partial charge in [-0.25, -0.2) is 9.59 Å². The number of nitrogens with one attached hydrogen (secondary N) is 9. The van der Waals surface area contributed by atoms with Gasteiger partial charge in [0.25, 0.3) is 11.8 Å². The second kappa shape index (κ2) is 38.7. The maximum absolute atomic E-state index is 13.2. The van der Waals surface area contributed by atoms with Gasteiger partial charge < -0.3 is 76.3 Å². The fraction of sp³-hybridized carbons (Fsp3) is 0.722. The van der Waals surface area contributed by atoms with E-state index in [1.54, 1.807) is 0 Å². The van der Waals surface area contributed by atoms with Gasteiger partial charge in [-0.2, -0.15) is 23.5 Å². The number of hydrogen-bond donors (Lipinski definition) is 9. The van der Waals surface area contributed by atoms with Crippen molar-refractivity contribution in [2.24, 2.45) is 0 Å². The lowest BCUT2D eigenvalue weighted by Gasteiger charge is -2.16. The van der Waals surface area contributed by atoms with Crippen molar-refractivity contribution in [1.29, 1.82) is 0 Å². The summed E-state index contributed by atoms with van der Waals surface area (Å²) in [5.41, 5.74) is 0.756. The molecule has 4 aliphatic rings. The molecule has 0 saturated carbocycles. The summed E-state index contributed by atoms with van der Waals surface area (Å²) in [5.74, 6) is 3.40. The third kappa shape index (κ3) is 25.9. The van der Waals surface area contributed by atoms with Crippen LogP contribution >= 0.6 is 23.5 Å². The van der Waals surface area contributed by atoms with Crippen molar-refractivity contribution in [3.63, 3.8) is 0 Å². The Morgan fingerprint density at radius 2 is 0.872 bits per heavy atom. The summed E-state index contributed by atoms with van der Waals surface area (Å²) in [5, 5.41) is 27.1. The number of unbranched alkanes of at least 4 members (excludes halogenated alkanes) is 3. The van der Waals surface area contributed by atoms with Crippen LogP contribution in [0.25, 0.3) is 0 Å². The van der Waals surface area contributed by atoms with Crippen molar-refractivity contribution >= 4 is 70.8 Å². The van der Waals surface area contributed by atoms with Gasteiger partial charge >= 0.3 is 12.1 Å². The average molecular weight is 1130 g/mol. The Labute approximate surface area is 468 Å². The Morgan fingerprint density at radius 3 is 1.28 bits per heavy atom. The smallest absolute Gasteiger partial charge is 0.315 e. The van der Waals surface area contributed by atoms with Crippen molar-refractivity contribution in [2.75, 3.05) is 122 Å². The number of ether oxygens (including phenoxy) is 6. The number of carbonyl (C=O) groups is 7. The molecule has 1 aromatic rings. The Kier molecular flexibility index (Phi) is 31.7. The van der Waals surface area contributed by atoms with E-state index in [1.807, 2.05) is 23.5 Å². The summed E-state index contributed by atoms with van der Waals surface area (Å²) < 4.78 is 33.7. The summed E-state index contributed by atoms with van der Waals surface area (Å²) in [4.78, 5) is 86.5. The standard InChI is InChI=1S/C54H85N9O13S2/c1-2-3-4-17-48(66)59-41-35-39(51(67)57-20-11-24-73-28-32-75-30-26-71-22-9-18-55-46(64)15-7-5-13-44-49-42(37-77-44)60-53(69)62-49)34-40(36-41)52(68)58-21-12-25-74-29-33-76-31-27-72-23-10-19-56-47(65)16-8-6-14-45-50-43(38-78-45)61-54(70)63-50/h1,34-36,42-45,49-50H,3-33,37-38H2,(H,55,64)(H,56,65)(H,57,67)(H,58,68)(H,59,66)(H2,60,62,69)(H2,61,63,70). The first-order valence-corrected chi connectivity index (χ1v) is 30.0. The number of anilines is 1. The molecule has 5 rings (SSSR count). The highest BCUT2D eigenvalue weighted by Gasteiger charge is 2.43. The molecule has 1 aromatic carbocycles. The lowest BCUT2D eigenvalue weighted by molar-refractivity contribution is -0.122. The quantitative estimate of drug-likeness (QED) is 0.0258. The van der Waals surface area contributed by atoms with E-state index in [1.165, 1.54) is 18.2 Å². The summed E-state index contributed by atoms with van der Waals surface area (Å²) in [6, 6.07) is 5.24. The van der Waals surface area contributed by atoms with E-state index in [4.69, 9.17) is 34.8 Å².